The highest BCUT2D eigenvalue weighted by atomic mass is 31.3. The summed E-state index contributed by atoms with van der Waals surface area (Å²) in [5.41, 5.74) is 16.3. The van der Waals surface area contributed by atoms with Gasteiger partial charge >= 0.3 is 35.0 Å². The number of carboxylic acids is 2. The number of anilines is 1. The molecule has 0 spiro atoms. The lowest BCUT2D eigenvalue weighted by molar-refractivity contribution is -0.141. The summed E-state index contributed by atoms with van der Waals surface area (Å²) in [7, 11) is -15.6. The first-order chi connectivity index (χ1) is 22.1. The van der Waals surface area contributed by atoms with Crippen LogP contribution in [0.3, 0.4) is 0 Å². The lowest BCUT2D eigenvalue weighted by Gasteiger charge is -2.19. The molecule has 272 valence electrons. The largest absolute Gasteiger partial charge is 0.481 e. The monoisotopic (exact) mass is 751 g/mol. The van der Waals surface area contributed by atoms with Crippen molar-refractivity contribution in [3.05, 3.63) is 12.7 Å². The first kappa shape index (κ1) is 41.0. The number of nitrogens with two attached hydrogens (primary N) is 3. The standard InChI is InChI=1S/C11H18N5O12P3.C9H18N4O4/c12-9-6-10(14-2-13-9)16(3-15-6)11-8(18)7(17)5(27-11)1-26-29(19,20)4-30(21,22)28-31(23,24)25;10-9(11)13-4-1-2-6(8(16)17)12-5-3-7(14)15/h2-3,5,7-8,11,17-18H,1,4H2,(H,19,20)(H,21,22)(H2,12,13,14)(H2,23,24,25);6,12H,1-5H2,(H,14,15)(H,16,17)(H4,10,11,13)/t5-,7-,8-,11-;6-/m10/s1. The zero-order valence-electron chi connectivity index (χ0n) is 24.6. The molecule has 25 nitrogen and oxygen atoms in total. The van der Waals surface area contributed by atoms with Gasteiger partial charge in [-0.1, -0.05) is 0 Å². The number of nitrogen functional groups attached to an aromatic ring is 1. The maximum Gasteiger partial charge on any atom is 0.476 e. The lowest BCUT2D eigenvalue weighted by atomic mass is 10.1. The third-order valence-electron chi connectivity index (χ3n) is 6.00. The number of carboxylic acid groups (broad SMARTS) is 2. The van der Waals surface area contributed by atoms with Gasteiger partial charge in [-0.2, -0.15) is 0 Å². The summed E-state index contributed by atoms with van der Waals surface area (Å²) in [5, 5.41) is 40.4. The smallest absolute Gasteiger partial charge is 0.476 e. The Balaban J connectivity index is 0.000000401. The minimum absolute atomic E-state index is 0.0317. The van der Waals surface area contributed by atoms with Crippen molar-refractivity contribution >= 4 is 57.9 Å². The Hall–Kier alpha value is -3.15. The van der Waals surface area contributed by atoms with E-state index in [9.17, 15) is 43.3 Å². The molecule has 2 aromatic heterocycles. The van der Waals surface area contributed by atoms with Gasteiger partial charge in [-0.3, -0.25) is 28.3 Å². The molecular weight excluding hydrogens is 715 g/mol. The number of phosphoric acid groups is 1. The zero-order valence-corrected chi connectivity index (χ0v) is 27.3. The molecule has 1 saturated heterocycles. The average Bonchev–Trinajstić information content (AvgIpc) is 3.48. The molecule has 0 radical (unpaired) electrons. The van der Waals surface area contributed by atoms with Crippen molar-refractivity contribution in [1.82, 2.24) is 24.8 Å². The minimum Gasteiger partial charge on any atom is -0.481 e. The fraction of sp³-hybridized carbons (Fsp3) is 0.600. The van der Waals surface area contributed by atoms with E-state index in [-0.39, 0.29) is 35.9 Å². The van der Waals surface area contributed by atoms with Crippen LogP contribution >= 0.6 is 23.0 Å². The molecule has 48 heavy (non-hydrogen) atoms. The second kappa shape index (κ2) is 17.5. The maximum atomic E-state index is 12.0. The summed E-state index contributed by atoms with van der Waals surface area (Å²) in [5.74, 6) is -3.59. The molecule has 3 heterocycles. The van der Waals surface area contributed by atoms with E-state index in [1.54, 1.807) is 0 Å². The Kier molecular flexibility index (Phi) is 14.9. The van der Waals surface area contributed by atoms with E-state index in [4.69, 9.17) is 41.9 Å². The number of aliphatic carboxylic acids is 2. The number of fused-ring (bicyclic) bond motifs is 1. The number of ether oxygens (including phenoxy) is 1. The van der Waals surface area contributed by atoms with Gasteiger partial charge in [-0.05, 0) is 12.8 Å². The topological polar surface area (TPSA) is 421 Å². The molecule has 0 bridgehead atoms. The van der Waals surface area contributed by atoms with Crippen molar-refractivity contribution in [2.45, 2.75) is 49.8 Å². The van der Waals surface area contributed by atoms with Crippen LogP contribution in [0.4, 0.5) is 5.82 Å². The summed E-state index contributed by atoms with van der Waals surface area (Å²) >= 11 is 0. The van der Waals surface area contributed by atoms with Crippen LogP contribution in [0.5, 0.6) is 0 Å². The number of carbonyl (C=O) groups is 2. The number of guanidine groups is 1. The second-order valence-corrected chi connectivity index (χ2v) is 15.4. The molecular formula is C20H36N9O16P3. The number of aromatic nitrogens is 4. The van der Waals surface area contributed by atoms with Crippen molar-refractivity contribution < 1.29 is 76.9 Å². The number of hydrogen-bond donors (Lipinski definition) is 12. The molecule has 1 aliphatic heterocycles. The number of hydrogen-bond acceptors (Lipinski definition) is 16. The highest BCUT2D eigenvalue weighted by Gasteiger charge is 2.46. The lowest BCUT2D eigenvalue weighted by Crippen LogP contribution is -2.38. The summed E-state index contributed by atoms with van der Waals surface area (Å²) in [4.78, 5) is 72.7. The summed E-state index contributed by atoms with van der Waals surface area (Å²) < 4.78 is 49.2. The minimum atomic E-state index is -5.42. The Morgan fingerprint density at radius 2 is 1.73 bits per heavy atom. The SMILES string of the molecule is NC(N)=NCCC[C@H](NCCC(=O)O)C(=O)O.Nc1ncnc2c1ncn2[C@@H]1O[C@H](COP(=O)(O)CP(=O)(O)OP(=O)(O)O)[C@@H](O)[C@H]1O. The van der Waals surface area contributed by atoms with Gasteiger partial charge in [0.25, 0.3) is 0 Å². The number of aliphatic hydroxyl groups excluding tert-OH is 2. The van der Waals surface area contributed by atoms with Crippen molar-refractivity contribution in [1.29, 1.82) is 0 Å². The van der Waals surface area contributed by atoms with E-state index in [1.807, 2.05) is 0 Å². The third kappa shape index (κ3) is 13.4. The Bertz CT molecular complexity index is 1580. The van der Waals surface area contributed by atoms with E-state index in [1.165, 1.54) is 10.9 Å². The van der Waals surface area contributed by atoms with Gasteiger partial charge < -0.3 is 71.8 Å². The molecule has 0 amide bonds. The van der Waals surface area contributed by atoms with Gasteiger partial charge in [0.15, 0.2) is 29.6 Å². The number of nitrogens with one attached hydrogen (secondary N) is 1. The number of rotatable bonds is 17. The van der Waals surface area contributed by atoms with Crippen LogP contribution in [-0.2, 0) is 36.9 Å². The highest BCUT2D eigenvalue weighted by Crippen LogP contribution is 2.64. The molecule has 2 aromatic rings. The molecule has 0 saturated carbocycles. The molecule has 28 heteroatoms. The van der Waals surface area contributed by atoms with Gasteiger partial charge in [0.05, 0.1) is 19.4 Å². The second-order valence-electron chi connectivity index (χ2n) is 9.85. The van der Waals surface area contributed by atoms with Gasteiger partial charge in [0.1, 0.15) is 36.2 Å². The van der Waals surface area contributed by atoms with Crippen molar-refractivity contribution in [3.63, 3.8) is 0 Å². The predicted molar refractivity (Wildman–Crippen MR) is 161 cm³/mol. The molecule has 1 fully saturated rings. The van der Waals surface area contributed by atoms with E-state index in [0.717, 1.165) is 6.33 Å². The van der Waals surface area contributed by atoms with E-state index in [2.05, 4.69) is 34.1 Å². The van der Waals surface area contributed by atoms with E-state index >= 15 is 0 Å². The Morgan fingerprint density at radius 1 is 1.06 bits per heavy atom. The Labute approximate surface area is 270 Å². The van der Waals surface area contributed by atoms with Gasteiger partial charge in [-0.25, -0.2) is 23.8 Å². The van der Waals surface area contributed by atoms with Crippen LogP contribution in [0.2, 0.25) is 0 Å². The molecule has 3 rings (SSSR count). The van der Waals surface area contributed by atoms with Gasteiger partial charge in [0.2, 0.25) is 0 Å². The number of aliphatic hydroxyl groups is 2. The van der Waals surface area contributed by atoms with Gasteiger partial charge in [0, 0.05) is 13.1 Å². The van der Waals surface area contributed by atoms with Crippen LogP contribution in [0.1, 0.15) is 25.5 Å². The molecule has 0 aliphatic carbocycles. The van der Waals surface area contributed by atoms with Crippen LogP contribution in [0, 0.1) is 0 Å². The summed E-state index contributed by atoms with van der Waals surface area (Å²) in [6, 6.07) is -0.774. The third-order valence-corrected chi connectivity index (χ3v) is 11.3. The van der Waals surface area contributed by atoms with Crippen LogP contribution in [0.25, 0.3) is 11.2 Å². The number of imidazole rings is 1. The zero-order chi connectivity index (χ0) is 36.4. The first-order valence-corrected chi connectivity index (χ1v) is 18.4. The van der Waals surface area contributed by atoms with Crippen molar-refractivity contribution in [2.75, 3.05) is 31.3 Å². The molecule has 2 unspecified atom stereocenters. The summed E-state index contributed by atoms with van der Waals surface area (Å²) in [6.07, 6.45) is -2.70. The quantitative estimate of drug-likeness (QED) is 0.0332. The fourth-order valence-corrected chi connectivity index (χ4v) is 8.49. The maximum absolute atomic E-state index is 12.0. The van der Waals surface area contributed by atoms with Crippen molar-refractivity contribution in [3.8, 4) is 0 Å². The van der Waals surface area contributed by atoms with E-state index in [0.29, 0.717) is 19.4 Å². The number of nitrogens with zero attached hydrogens (tertiary/aromatic N) is 5. The predicted octanol–water partition coefficient (Wildman–Crippen LogP) is -2.96. The van der Waals surface area contributed by atoms with Crippen LogP contribution in [0.15, 0.2) is 17.6 Å². The van der Waals surface area contributed by atoms with Gasteiger partial charge in [-0.15, -0.1) is 0 Å². The molecule has 7 atom stereocenters. The average molecular weight is 751 g/mol. The van der Waals surface area contributed by atoms with Crippen LogP contribution in [-0.4, -0.2) is 127 Å². The molecule has 1 aliphatic rings. The Morgan fingerprint density at radius 3 is 2.31 bits per heavy atom. The highest BCUT2D eigenvalue weighted by molar-refractivity contribution is 7.74. The summed E-state index contributed by atoms with van der Waals surface area (Å²) in [6.45, 7) is -0.358. The first-order valence-electron chi connectivity index (χ1n) is 13.4. The van der Waals surface area contributed by atoms with E-state index < -0.39 is 78.0 Å². The molecule has 0 aromatic carbocycles. The van der Waals surface area contributed by atoms with Crippen molar-refractivity contribution in [2.24, 2.45) is 16.5 Å². The number of aliphatic imine (C=N–C) groups is 1. The van der Waals surface area contributed by atoms with Crippen LogP contribution < -0.4 is 22.5 Å². The molecule has 15 N–H and O–H groups in total. The fourth-order valence-electron chi connectivity index (χ4n) is 3.97. The normalized spacial score (nSPS) is 22.5.